The quantitative estimate of drug-likeness (QED) is 0.0217. The van der Waals surface area contributed by atoms with E-state index in [0.29, 0.717) is 49.4 Å². The number of likely N-dealkylation sites (N-methyl/N-ethyl adjacent to an activating group) is 1. The summed E-state index contributed by atoms with van der Waals surface area (Å²) in [6, 6.07) is 12.6. The number of rotatable bonds is 42. The van der Waals surface area contributed by atoms with Crippen molar-refractivity contribution < 1.29 is 14.4 Å². The second kappa shape index (κ2) is 52.0. The van der Waals surface area contributed by atoms with Crippen molar-refractivity contribution in [3.05, 3.63) is 52.6 Å². The normalized spacial score (nSPS) is 10.5. The molecule has 0 saturated carbocycles. The largest absolute Gasteiger partial charge is 0.491 e. The summed E-state index contributed by atoms with van der Waals surface area (Å²) in [6.07, 6.45) is 36.5. The van der Waals surface area contributed by atoms with E-state index in [4.69, 9.17) is 9.47 Å². The molecule has 2 rings (SSSR count). The lowest BCUT2D eigenvalue weighted by Gasteiger charge is -2.23. The van der Waals surface area contributed by atoms with Gasteiger partial charge < -0.3 is 14.4 Å². The highest BCUT2D eigenvalue weighted by Crippen LogP contribution is 2.34. The Bertz CT molecular complexity index is 2770. The van der Waals surface area contributed by atoms with Crippen LogP contribution in [-0.2, 0) is 4.74 Å². The number of hydrogen-bond donors (Lipinski definition) is 0. The molecule has 2 aromatic rings. The van der Waals surface area contributed by atoms with Gasteiger partial charge in [-0.3, -0.25) is 10.1 Å². The van der Waals surface area contributed by atoms with Gasteiger partial charge in [0.1, 0.15) is 5.69 Å². The summed E-state index contributed by atoms with van der Waals surface area (Å²) in [6.45, 7) is 13.7. The van der Waals surface area contributed by atoms with Gasteiger partial charge in [-0.25, -0.2) is 0 Å². The summed E-state index contributed by atoms with van der Waals surface area (Å²) >= 11 is 0. The van der Waals surface area contributed by atoms with E-state index in [2.05, 4.69) is 161 Å². The van der Waals surface area contributed by atoms with Crippen molar-refractivity contribution in [3.63, 3.8) is 0 Å². The van der Waals surface area contributed by atoms with Crippen LogP contribution in [0, 0.1) is 140 Å². The highest BCUT2D eigenvalue weighted by molar-refractivity contribution is 5.58. The number of benzene rings is 2. The van der Waals surface area contributed by atoms with Crippen LogP contribution in [0.3, 0.4) is 0 Å². The molecule has 0 heterocycles. The van der Waals surface area contributed by atoms with Gasteiger partial charge in [0, 0.05) is 42.6 Å². The monoisotopic (exact) mass is 1090 g/mol. The van der Waals surface area contributed by atoms with Crippen molar-refractivity contribution in [2.75, 3.05) is 37.8 Å². The van der Waals surface area contributed by atoms with Crippen molar-refractivity contribution in [3.8, 4) is 124 Å². The molecule has 428 valence electrons. The topological polar surface area (TPSA) is 89.6 Å². The smallest absolute Gasteiger partial charge is 0.273 e. The molecule has 0 N–H and O–H groups in total. The third-order valence-electron chi connectivity index (χ3n) is 13.6. The summed E-state index contributed by atoms with van der Waals surface area (Å²) in [7, 11) is 0. The first-order valence-electron chi connectivity index (χ1n) is 30.6. The zero-order chi connectivity index (χ0) is 58.2. The molecule has 2 aromatic carbocycles. The molecule has 0 radical (unpaired) electrons. The molecule has 0 aliphatic heterocycles. The highest BCUT2D eigenvalue weighted by atomic mass is 16.6. The van der Waals surface area contributed by atoms with Crippen molar-refractivity contribution in [1.82, 2.24) is 0 Å². The lowest BCUT2D eigenvalue weighted by Crippen LogP contribution is -2.27. The van der Waals surface area contributed by atoms with Crippen LogP contribution in [-0.4, -0.2) is 37.8 Å². The SMILES string of the molecule is CC#CC#CC#CC#CC#CC#CC#CC#CC#CC#CC(CCCCCCCCCC)COCCN(CC)c1ccc(/N=N/c2ccc([N+](=O)[O-])cc2OCC(CCCCCCCCCC)CCCCCCCCCCCC)cc1. The van der Waals surface area contributed by atoms with E-state index >= 15 is 0 Å². The van der Waals surface area contributed by atoms with Crippen molar-refractivity contribution in [2.24, 2.45) is 22.1 Å². The van der Waals surface area contributed by atoms with Gasteiger partial charge in [-0.05, 0) is 164 Å². The minimum absolute atomic E-state index is 0.0182. The van der Waals surface area contributed by atoms with Crippen LogP contribution in [0.15, 0.2) is 52.7 Å². The van der Waals surface area contributed by atoms with Gasteiger partial charge >= 0.3 is 0 Å². The summed E-state index contributed by atoms with van der Waals surface area (Å²) in [5.41, 5.74) is 2.19. The lowest BCUT2D eigenvalue weighted by atomic mass is 9.94. The molecular formula is C73H92N4O4. The third kappa shape index (κ3) is 39.6. The predicted molar refractivity (Wildman–Crippen MR) is 339 cm³/mol. The van der Waals surface area contributed by atoms with E-state index < -0.39 is 0 Å². The molecule has 8 nitrogen and oxygen atoms in total. The van der Waals surface area contributed by atoms with E-state index in [-0.39, 0.29) is 16.5 Å². The fourth-order valence-electron chi connectivity index (χ4n) is 8.95. The summed E-state index contributed by atoms with van der Waals surface area (Å²) in [5.74, 6) is 54.5. The number of unbranched alkanes of at least 4 members (excludes halogenated alkanes) is 23. The van der Waals surface area contributed by atoms with E-state index in [1.54, 1.807) is 13.0 Å². The average molecular weight is 1090 g/mol. The van der Waals surface area contributed by atoms with Crippen LogP contribution < -0.4 is 9.64 Å². The molecule has 0 saturated heterocycles. The zero-order valence-corrected chi connectivity index (χ0v) is 50.2. The van der Waals surface area contributed by atoms with Crippen molar-refractivity contribution >= 4 is 22.7 Å². The van der Waals surface area contributed by atoms with Crippen LogP contribution >= 0.6 is 0 Å². The minimum atomic E-state index is -0.379. The molecule has 2 unspecified atom stereocenters. The van der Waals surface area contributed by atoms with E-state index in [9.17, 15) is 10.1 Å². The Hall–Kier alpha value is -7.40. The minimum Gasteiger partial charge on any atom is -0.491 e. The second-order valence-corrected chi connectivity index (χ2v) is 20.3. The van der Waals surface area contributed by atoms with Crippen LogP contribution in [0.2, 0.25) is 0 Å². The molecule has 0 amide bonds. The molecule has 0 bridgehead atoms. The number of nitrogens with zero attached hydrogens (tertiary/aromatic N) is 4. The molecule has 0 aromatic heterocycles. The molecule has 0 fully saturated rings. The highest BCUT2D eigenvalue weighted by Gasteiger charge is 2.16. The van der Waals surface area contributed by atoms with Gasteiger partial charge in [-0.15, -0.1) is 5.11 Å². The van der Waals surface area contributed by atoms with Crippen molar-refractivity contribution in [2.45, 2.75) is 221 Å². The standard InChI is InChI=1S/C73H92N4O4/c1-6-11-15-19-23-27-29-30-31-32-33-34-35-36-37-39-42-45-49-53-67(52-48-44-40-25-21-17-13-8-3)65-80-63-62-76(10-5)70-58-56-69(57-59-70)74-75-72-61-60-71(77(78)79)64-73(72)81-66-68(54-50-46-41-26-22-18-14-9-4)55-51-47-43-38-28-24-20-16-12-7-2/h56-61,64,67-68H,7-10,12-14,16-18,20-22,24-26,28,38,40-41,43-44,46-48,50-52,54-55,62-63,65-66H2,1-5H3/b75-74+. The molecular weight excluding hydrogens is 997 g/mol. The maximum Gasteiger partial charge on any atom is 0.273 e. The molecule has 2 atom stereocenters. The molecule has 81 heavy (non-hydrogen) atoms. The van der Waals surface area contributed by atoms with Gasteiger partial charge in [-0.2, -0.15) is 5.11 Å². The first-order valence-corrected chi connectivity index (χ1v) is 30.6. The summed E-state index contributed by atoms with van der Waals surface area (Å²) < 4.78 is 12.7. The molecule has 8 heteroatoms. The molecule has 0 aliphatic carbocycles. The van der Waals surface area contributed by atoms with E-state index in [1.807, 2.05) is 24.3 Å². The third-order valence-corrected chi connectivity index (χ3v) is 13.6. The average Bonchev–Trinajstić information content (AvgIpc) is 3.54. The van der Waals surface area contributed by atoms with Gasteiger partial charge in [0.05, 0.1) is 36.5 Å². The zero-order valence-electron chi connectivity index (χ0n) is 50.2. The Kier molecular flexibility index (Phi) is 44.8. The second-order valence-electron chi connectivity index (χ2n) is 20.3. The van der Waals surface area contributed by atoms with Crippen LogP contribution in [0.4, 0.5) is 22.7 Å². The van der Waals surface area contributed by atoms with Gasteiger partial charge in [0.25, 0.3) is 5.69 Å². The van der Waals surface area contributed by atoms with Gasteiger partial charge in [0.2, 0.25) is 0 Å². The first-order chi connectivity index (χ1) is 39.9. The Morgan fingerprint density at radius 3 is 1.35 bits per heavy atom. The van der Waals surface area contributed by atoms with E-state index in [1.165, 1.54) is 173 Å². The van der Waals surface area contributed by atoms with Crippen LogP contribution in [0.5, 0.6) is 5.75 Å². The van der Waals surface area contributed by atoms with Gasteiger partial charge in [-0.1, -0.05) is 200 Å². The fourth-order valence-corrected chi connectivity index (χ4v) is 8.95. The number of anilines is 1. The predicted octanol–water partition coefficient (Wildman–Crippen LogP) is 17.9. The lowest BCUT2D eigenvalue weighted by molar-refractivity contribution is -0.384. The maximum absolute atomic E-state index is 11.9. The Balaban J connectivity index is 2.05. The number of non-ortho nitro benzene ring substituents is 1. The first kappa shape index (κ1) is 69.7. The Labute approximate surface area is 492 Å². The summed E-state index contributed by atoms with van der Waals surface area (Å²) in [4.78, 5) is 13.8. The van der Waals surface area contributed by atoms with Crippen LogP contribution in [0.1, 0.15) is 221 Å². The number of ether oxygens (including phenoxy) is 2. The Morgan fingerprint density at radius 1 is 0.494 bits per heavy atom. The van der Waals surface area contributed by atoms with Gasteiger partial charge in [0.15, 0.2) is 5.75 Å². The molecule has 0 aliphatic rings. The maximum atomic E-state index is 11.9. The fraction of sp³-hybridized carbons (Fsp3) is 0.562. The number of nitro groups is 1. The Morgan fingerprint density at radius 2 is 0.914 bits per heavy atom. The number of azo groups is 1. The van der Waals surface area contributed by atoms with E-state index in [0.717, 1.165) is 37.9 Å². The summed E-state index contributed by atoms with van der Waals surface area (Å²) in [5, 5.41) is 21.0. The van der Waals surface area contributed by atoms with Crippen molar-refractivity contribution in [1.29, 1.82) is 0 Å². The number of hydrogen-bond acceptors (Lipinski definition) is 7. The molecule has 0 spiro atoms. The number of nitro benzene ring substituents is 1. The van der Waals surface area contributed by atoms with Crippen LogP contribution in [0.25, 0.3) is 0 Å².